The summed E-state index contributed by atoms with van der Waals surface area (Å²) in [6.45, 7) is 0. The summed E-state index contributed by atoms with van der Waals surface area (Å²) in [7, 11) is -10.3. The topological polar surface area (TPSA) is 197 Å². The molecule has 0 atom stereocenters. The van der Waals surface area contributed by atoms with E-state index in [-0.39, 0.29) is 22.9 Å². The van der Waals surface area contributed by atoms with Gasteiger partial charge in [0.1, 0.15) is 0 Å². The molecule has 0 aliphatic heterocycles. The minimum Gasteiger partial charge on any atom is -0.759 e. The molecule has 78 valence electrons. The van der Waals surface area contributed by atoms with Gasteiger partial charge in [0.25, 0.3) is 0 Å². The zero-order valence-corrected chi connectivity index (χ0v) is 8.09. The van der Waals surface area contributed by atoms with E-state index >= 15 is 0 Å². The summed E-state index contributed by atoms with van der Waals surface area (Å²) in [4.78, 5) is 0. The molecule has 12 heavy (non-hydrogen) atoms. The van der Waals surface area contributed by atoms with Gasteiger partial charge in [0, 0.05) is 20.8 Å². The van der Waals surface area contributed by atoms with Crippen LogP contribution >= 0.6 is 0 Å². The SMILES string of the molecule is O=S(=O)([O-])[O-].O=S(=O)([O-])[O-].[Co+3].[NH4+]. The van der Waals surface area contributed by atoms with Crippen LogP contribution in [0.15, 0.2) is 0 Å². The van der Waals surface area contributed by atoms with Gasteiger partial charge in [0.2, 0.25) is 0 Å². The van der Waals surface area contributed by atoms with Gasteiger partial charge in [-0.3, -0.25) is 16.8 Å². The fraction of sp³-hybridized carbons (Fsp3) is 0. The van der Waals surface area contributed by atoms with Crippen molar-refractivity contribution in [3.63, 3.8) is 0 Å². The zero-order valence-electron chi connectivity index (χ0n) is 5.42. The third-order valence-corrected chi connectivity index (χ3v) is 0. The van der Waals surface area contributed by atoms with Crippen LogP contribution in [0.25, 0.3) is 0 Å². The number of rotatable bonds is 0. The van der Waals surface area contributed by atoms with Gasteiger partial charge in [-0.25, -0.2) is 0 Å². The van der Waals surface area contributed by atoms with E-state index in [2.05, 4.69) is 0 Å². The van der Waals surface area contributed by atoms with E-state index in [4.69, 9.17) is 35.0 Å². The third kappa shape index (κ3) is 20300. The third-order valence-electron chi connectivity index (χ3n) is 0. The second-order valence-corrected chi connectivity index (χ2v) is 2.45. The van der Waals surface area contributed by atoms with Crippen LogP contribution in [-0.4, -0.2) is 35.0 Å². The molecule has 12 heteroatoms. The largest absolute Gasteiger partial charge is 3.00 e. The fourth-order valence-electron chi connectivity index (χ4n) is 0. The summed E-state index contributed by atoms with van der Waals surface area (Å²) in [5, 5.41) is 0. The smallest absolute Gasteiger partial charge is 0.759 e. The summed E-state index contributed by atoms with van der Waals surface area (Å²) in [6, 6.07) is 0. The number of hydrogen-bond acceptors (Lipinski definition) is 8. The molecule has 0 aromatic rings. The van der Waals surface area contributed by atoms with Crippen molar-refractivity contribution in [3.8, 4) is 0 Å². The summed E-state index contributed by atoms with van der Waals surface area (Å²) in [5.41, 5.74) is 0. The summed E-state index contributed by atoms with van der Waals surface area (Å²) in [6.07, 6.45) is 0. The van der Waals surface area contributed by atoms with Crippen LogP contribution in [0, 0.1) is 0 Å². The standard InChI is InChI=1S/Co.H3N.2H2O4S/c;;2*1-5(2,3)4/h;1H3;2*(H2,1,2,3,4)/q+3;;;/p-3. The fourth-order valence-corrected chi connectivity index (χ4v) is 0. The Morgan fingerprint density at radius 2 is 0.667 bits per heavy atom. The Morgan fingerprint density at radius 3 is 0.667 bits per heavy atom. The van der Waals surface area contributed by atoms with E-state index < -0.39 is 20.8 Å². The van der Waals surface area contributed by atoms with Crippen LogP contribution in [0.3, 0.4) is 0 Å². The van der Waals surface area contributed by atoms with E-state index in [1.165, 1.54) is 0 Å². The van der Waals surface area contributed by atoms with Crippen molar-refractivity contribution in [1.82, 2.24) is 6.15 Å². The molecule has 0 aliphatic carbocycles. The second-order valence-electron chi connectivity index (χ2n) is 0.816. The molecule has 0 radical (unpaired) electrons. The van der Waals surface area contributed by atoms with Crippen molar-refractivity contribution in [2.24, 2.45) is 0 Å². The Kier molecular flexibility index (Phi) is 14.9. The Morgan fingerprint density at radius 1 is 0.667 bits per heavy atom. The molecule has 0 unspecified atom stereocenters. The molecular weight excluding hydrogens is 265 g/mol. The van der Waals surface area contributed by atoms with Gasteiger partial charge >= 0.3 is 16.8 Å². The van der Waals surface area contributed by atoms with Crippen molar-refractivity contribution in [2.75, 3.05) is 0 Å². The molecule has 9 nitrogen and oxygen atoms in total. The molecule has 0 fully saturated rings. The van der Waals surface area contributed by atoms with Crippen molar-refractivity contribution in [3.05, 3.63) is 0 Å². The van der Waals surface area contributed by atoms with E-state index in [0.717, 1.165) is 0 Å². The molecule has 0 heterocycles. The van der Waals surface area contributed by atoms with Crippen LogP contribution < -0.4 is 6.15 Å². The zero-order chi connectivity index (χ0) is 9.00. The van der Waals surface area contributed by atoms with E-state index in [1.807, 2.05) is 0 Å². The monoisotopic (exact) mass is 269 g/mol. The first-order valence-electron chi connectivity index (χ1n) is 1.33. The first-order chi connectivity index (χ1) is 4.00. The van der Waals surface area contributed by atoms with Crippen LogP contribution in [0.5, 0.6) is 0 Å². The quantitative estimate of drug-likeness (QED) is 0.373. The van der Waals surface area contributed by atoms with Crippen molar-refractivity contribution in [2.45, 2.75) is 0 Å². The van der Waals surface area contributed by atoms with Crippen LogP contribution in [0.2, 0.25) is 0 Å². The van der Waals surface area contributed by atoms with Gasteiger partial charge in [0.15, 0.2) is 0 Å². The summed E-state index contributed by atoms with van der Waals surface area (Å²) < 4.78 is 68.2. The summed E-state index contributed by atoms with van der Waals surface area (Å²) >= 11 is 0. The molecule has 0 rings (SSSR count). The van der Waals surface area contributed by atoms with E-state index in [1.54, 1.807) is 0 Å². The van der Waals surface area contributed by atoms with E-state index in [9.17, 15) is 0 Å². The summed E-state index contributed by atoms with van der Waals surface area (Å²) in [5.74, 6) is 0. The average molecular weight is 269 g/mol. The van der Waals surface area contributed by atoms with E-state index in [0.29, 0.717) is 0 Å². The molecule has 0 bridgehead atoms. The molecule has 0 aromatic carbocycles. The minimum atomic E-state index is -5.17. The Bertz CT molecular complexity index is 213. The van der Waals surface area contributed by atoms with Crippen molar-refractivity contribution >= 4 is 20.8 Å². The Balaban J connectivity index is -0.0000000457. The minimum absolute atomic E-state index is 0. The Hall–Kier alpha value is 0.206. The van der Waals surface area contributed by atoms with Gasteiger partial charge < -0.3 is 24.4 Å². The van der Waals surface area contributed by atoms with Gasteiger partial charge in [-0.1, -0.05) is 0 Å². The maximum Gasteiger partial charge on any atom is 3.00 e. The second kappa shape index (κ2) is 7.84. The van der Waals surface area contributed by atoms with Crippen molar-refractivity contribution < 1.29 is 51.8 Å². The van der Waals surface area contributed by atoms with Crippen LogP contribution in [0.1, 0.15) is 0 Å². The molecule has 4 N–H and O–H groups in total. The average Bonchev–Trinajstić information content (AvgIpc) is 1.12. The molecule has 0 saturated heterocycles. The molecule has 0 aliphatic rings. The maximum atomic E-state index is 8.52. The predicted octanol–water partition coefficient (Wildman–Crippen LogP) is -2.30. The first-order valence-corrected chi connectivity index (χ1v) is 4.00. The normalized spacial score (nSPS) is 9.67. The van der Waals surface area contributed by atoms with Gasteiger partial charge in [0.05, 0.1) is 0 Å². The molecular formula is H4CoNO8S2. The van der Waals surface area contributed by atoms with Gasteiger partial charge in [-0.2, -0.15) is 0 Å². The number of hydrogen-bond donors (Lipinski definition) is 1. The Labute approximate surface area is 79.1 Å². The van der Waals surface area contributed by atoms with Crippen molar-refractivity contribution in [1.29, 1.82) is 0 Å². The van der Waals surface area contributed by atoms with Gasteiger partial charge in [-0.15, -0.1) is 0 Å². The molecule has 0 spiro atoms. The van der Waals surface area contributed by atoms with Gasteiger partial charge in [-0.05, 0) is 0 Å². The first kappa shape index (κ1) is 22.8. The molecule has 0 amide bonds. The predicted molar refractivity (Wildman–Crippen MR) is 26.9 cm³/mol. The number of quaternary nitrogens is 1. The molecule has 0 aromatic heterocycles. The van der Waals surface area contributed by atoms with Crippen LogP contribution in [0.4, 0.5) is 0 Å². The van der Waals surface area contributed by atoms with Crippen LogP contribution in [-0.2, 0) is 37.6 Å². The maximum absolute atomic E-state index is 8.52. The molecule has 0 saturated carbocycles.